The number of ether oxygens (including phenoxy) is 1. The van der Waals surface area contributed by atoms with Crippen LogP contribution in [0.1, 0.15) is 55.4 Å². The fraction of sp³-hybridized carbons (Fsp3) is 0.455. The minimum atomic E-state index is -0.555. The number of carbonyl (C=O) groups excluding carboxylic acids is 2. The topological polar surface area (TPSA) is 72.4 Å². The Labute approximate surface area is 170 Å². The van der Waals surface area contributed by atoms with E-state index in [1.807, 2.05) is 20.8 Å². The Bertz CT molecular complexity index is 881. The number of Topliss-reactive ketones (excluding diaryl/α,β-unsaturated/α-hetero) is 1. The first-order valence-corrected chi connectivity index (χ1v) is 9.77. The van der Waals surface area contributed by atoms with Gasteiger partial charge in [-0.1, -0.05) is 6.07 Å². The molecule has 1 aromatic carbocycles. The maximum atomic E-state index is 14.5. The highest BCUT2D eigenvalue weighted by Gasteiger charge is 2.31. The van der Waals surface area contributed by atoms with Crippen LogP contribution in [0.2, 0.25) is 0 Å². The van der Waals surface area contributed by atoms with Crippen molar-refractivity contribution in [3.05, 3.63) is 59.4 Å². The van der Waals surface area contributed by atoms with Crippen molar-refractivity contribution in [3.63, 3.8) is 0 Å². The van der Waals surface area contributed by atoms with Crippen molar-refractivity contribution in [1.82, 2.24) is 14.9 Å². The number of halogens is 1. The fourth-order valence-corrected chi connectivity index (χ4v) is 3.36. The molecule has 1 fully saturated rings. The summed E-state index contributed by atoms with van der Waals surface area (Å²) in [6.45, 7) is 6.45. The molecular formula is C22H26FN3O3. The van der Waals surface area contributed by atoms with Crippen LogP contribution < -0.4 is 0 Å². The van der Waals surface area contributed by atoms with Crippen LogP contribution >= 0.6 is 0 Å². The van der Waals surface area contributed by atoms with Gasteiger partial charge in [0.05, 0.1) is 5.56 Å². The number of hydrogen-bond donors (Lipinski definition) is 0. The second-order valence-corrected chi connectivity index (χ2v) is 8.36. The van der Waals surface area contributed by atoms with Gasteiger partial charge in [0.2, 0.25) is 0 Å². The summed E-state index contributed by atoms with van der Waals surface area (Å²) >= 11 is 0. The third-order valence-electron chi connectivity index (χ3n) is 4.73. The number of likely N-dealkylation sites (tertiary alicyclic amines) is 1. The number of nitrogens with zero attached hydrogens (tertiary/aromatic N) is 3. The molecule has 0 unspecified atom stereocenters. The van der Waals surface area contributed by atoms with Crippen LogP contribution in [0.4, 0.5) is 9.18 Å². The predicted molar refractivity (Wildman–Crippen MR) is 106 cm³/mol. The first kappa shape index (κ1) is 20.9. The lowest BCUT2D eigenvalue weighted by Crippen LogP contribution is -2.35. The Morgan fingerprint density at radius 1 is 1.24 bits per heavy atom. The first-order valence-electron chi connectivity index (χ1n) is 9.77. The summed E-state index contributed by atoms with van der Waals surface area (Å²) in [6.07, 6.45) is 4.22. The maximum absolute atomic E-state index is 14.5. The second kappa shape index (κ2) is 8.68. The van der Waals surface area contributed by atoms with Gasteiger partial charge in [0.25, 0.3) is 0 Å². The van der Waals surface area contributed by atoms with Crippen LogP contribution in [0.5, 0.6) is 0 Å². The van der Waals surface area contributed by atoms with E-state index in [1.54, 1.807) is 29.4 Å². The molecule has 0 spiro atoms. The molecular weight excluding hydrogens is 373 g/mol. The van der Waals surface area contributed by atoms with Gasteiger partial charge in [0.1, 0.15) is 17.2 Å². The molecule has 154 valence electrons. The standard InChI is InChI=1S/C22H26FN3O3/c1-22(2,3)29-21(28)26-10-7-16(14-26)12-19(27)17-6-5-15(11-18(17)23)13-20-24-8-4-9-25-20/h4-6,8-9,11,16H,7,10,12-14H2,1-3H3/t16-/m0/s1. The smallest absolute Gasteiger partial charge is 0.410 e. The average Bonchev–Trinajstić information content (AvgIpc) is 3.10. The number of carbonyl (C=O) groups is 2. The quantitative estimate of drug-likeness (QED) is 0.710. The largest absolute Gasteiger partial charge is 0.444 e. The van der Waals surface area contributed by atoms with E-state index < -0.39 is 11.4 Å². The van der Waals surface area contributed by atoms with Gasteiger partial charge in [-0.05, 0) is 56.9 Å². The molecule has 2 aromatic rings. The van der Waals surface area contributed by atoms with E-state index in [-0.39, 0.29) is 29.8 Å². The van der Waals surface area contributed by atoms with Crippen LogP contribution in [-0.2, 0) is 11.2 Å². The molecule has 1 saturated heterocycles. The van der Waals surface area contributed by atoms with E-state index >= 15 is 0 Å². The van der Waals surface area contributed by atoms with Crippen molar-refractivity contribution < 1.29 is 18.7 Å². The Morgan fingerprint density at radius 3 is 2.62 bits per heavy atom. The van der Waals surface area contributed by atoms with E-state index in [0.29, 0.717) is 37.3 Å². The number of rotatable bonds is 5. The summed E-state index contributed by atoms with van der Waals surface area (Å²) in [5.74, 6) is -0.183. The normalized spacial score (nSPS) is 16.7. The van der Waals surface area contributed by atoms with Gasteiger partial charge in [0, 0.05) is 38.3 Å². The molecule has 0 N–H and O–H groups in total. The van der Waals surface area contributed by atoms with E-state index in [1.165, 1.54) is 12.1 Å². The summed E-state index contributed by atoms with van der Waals surface area (Å²) in [7, 11) is 0. The summed E-state index contributed by atoms with van der Waals surface area (Å²) in [4.78, 5) is 34.6. The van der Waals surface area contributed by atoms with Gasteiger partial charge >= 0.3 is 6.09 Å². The summed E-state index contributed by atoms with van der Waals surface area (Å²) in [5, 5.41) is 0. The highest BCUT2D eigenvalue weighted by molar-refractivity contribution is 5.96. The van der Waals surface area contributed by atoms with E-state index in [2.05, 4.69) is 9.97 Å². The van der Waals surface area contributed by atoms with Crippen molar-refractivity contribution in [2.75, 3.05) is 13.1 Å². The third kappa shape index (κ3) is 5.82. The third-order valence-corrected chi connectivity index (χ3v) is 4.73. The number of aromatic nitrogens is 2. The Balaban J connectivity index is 1.58. The molecule has 29 heavy (non-hydrogen) atoms. The fourth-order valence-electron chi connectivity index (χ4n) is 3.36. The lowest BCUT2D eigenvalue weighted by atomic mass is 9.96. The zero-order valence-electron chi connectivity index (χ0n) is 17.0. The van der Waals surface area contributed by atoms with Crippen molar-refractivity contribution >= 4 is 11.9 Å². The zero-order valence-corrected chi connectivity index (χ0v) is 17.0. The van der Waals surface area contributed by atoms with Gasteiger partial charge in [-0.25, -0.2) is 19.2 Å². The van der Waals surface area contributed by atoms with Crippen LogP contribution in [0.3, 0.4) is 0 Å². The summed E-state index contributed by atoms with van der Waals surface area (Å²) < 4.78 is 19.9. The molecule has 0 saturated carbocycles. The molecule has 6 nitrogen and oxygen atoms in total. The molecule has 1 amide bonds. The number of ketones is 1. The molecule has 0 aliphatic carbocycles. The van der Waals surface area contributed by atoms with Gasteiger partial charge in [-0.2, -0.15) is 0 Å². The lowest BCUT2D eigenvalue weighted by molar-refractivity contribution is 0.0286. The molecule has 7 heteroatoms. The second-order valence-electron chi connectivity index (χ2n) is 8.36. The SMILES string of the molecule is CC(C)(C)OC(=O)N1CC[C@@H](CC(=O)c2ccc(Cc3ncccn3)cc2F)C1. The van der Waals surface area contributed by atoms with E-state index in [9.17, 15) is 14.0 Å². The molecule has 1 aromatic heterocycles. The molecule has 1 aliphatic rings. The molecule has 1 aliphatic heterocycles. The molecule has 3 rings (SSSR count). The van der Waals surface area contributed by atoms with Crippen LogP contribution in [0.15, 0.2) is 36.7 Å². The van der Waals surface area contributed by atoms with Gasteiger partial charge < -0.3 is 9.64 Å². The Hall–Kier alpha value is -2.83. The molecule has 1 atom stereocenters. The summed E-state index contributed by atoms with van der Waals surface area (Å²) in [6, 6.07) is 6.34. The molecule has 0 radical (unpaired) electrons. The number of hydrogen-bond acceptors (Lipinski definition) is 5. The zero-order chi connectivity index (χ0) is 21.0. The first-order chi connectivity index (χ1) is 13.7. The number of amides is 1. The monoisotopic (exact) mass is 399 g/mol. The van der Waals surface area contributed by atoms with Crippen molar-refractivity contribution in [2.24, 2.45) is 5.92 Å². The minimum absolute atomic E-state index is 0.00631. The number of benzene rings is 1. The van der Waals surface area contributed by atoms with Gasteiger partial charge in [-0.15, -0.1) is 0 Å². The Kier molecular flexibility index (Phi) is 6.25. The van der Waals surface area contributed by atoms with Gasteiger partial charge in [0.15, 0.2) is 5.78 Å². The lowest BCUT2D eigenvalue weighted by Gasteiger charge is -2.24. The molecule has 2 heterocycles. The van der Waals surface area contributed by atoms with Gasteiger partial charge in [-0.3, -0.25) is 4.79 Å². The van der Waals surface area contributed by atoms with Crippen molar-refractivity contribution in [3.8, 4) is 0 Å². The minimum Gasteiger partial charge on any atom is -0.444 e. The Morgan fingerprint density at radius 2 is 1.97 bits per heavy atom. The average molecular weight is 399 g/mol. The van der Waals surface area contributed by atoms with Crippen molar-refractivity contribution in [2.45, 2.75) is 45.6 Å². The highest BCUT2D eigenvalue weighted by Crippen LogP contribution is 2.24. The van der Waals surface area contributed by atoms with Crippen LogP contribution in [0.25, 0.3) is 0 Å². The van der Waals surface area contributed by atoms with Crippen LogP contribution in [-0.4, -0.2) is 45.4 Å². The predicted octanol–water partition coefficient (Wildman–Crippen LogP) is 4.04. The van der Waals surface area contributed by atoms with Crippen LogP contribution in [0, 0.1) is 11.7 Å². The van der Waals surface area contributed by atoms with Crippen molar-refractivity contribution in [1.29, 1.82) is 0 Å². The summed E-state index contributed by atoms with van der Waals surface area (Å²) in [5.41, 5.74) is 0.237. The van der Waals surface area contributed by atoms with E-state index in [4.69, 9.17) is 4.74 Å². The maximum Gasteiger partial charge on any atom is 0.410 e. The highest BCUT2D eigenvalue weighted by atomic mass is 19.1. The molecule has 0 bridgehead atoms. The van der Waals surface area contributed by atoms with E-state index in [0.717, 1.165) is 0 Å².